The number of aromatic nitrogens is 4. The molecule has 41 heavy (non-hydrogen) atoms. The maximum atomic E-state index is 16.0. The summed E-state index contributed by atoms with van der Waals surface area (Å²) in [7, 11) is -4.27. The van der Waals surface area contributed by atoms with Crippen LogP contribution in [0.5, 0.6) is 5.75 Å². The topological polar surface area (TPSA) is 159 Å². The molecule has 3 aromatic rings. The summed E-state index contributed by atoms with van der Waals surface area (Å²) in [6, 6.07) is 7.11. The standard InChI is InChI=1S/C26H36FN6O7P/c1-7-28-22-20-23(31-17(5)30-22)33(14-29-20)25-26(6,27)21(34)19(39-25)13-37-41(36,40-18-11-9-8-10-12-18)32-16(4)24(35)38-15(2)3/h8-12,14-16,19,21,25,34H,7,13H2,1-6H3,(H,32,36)(H,28,30,31)/t16-,19+,21+,25+,26+,41-/m0/s1. The minimum atomic E-state index is -4.27. The van der Waals surface area contributed by atoms with E-state index in [0.29, 0.717) is 29.4 Å². The summed E-state index contributed by atoms with van der Waals surface area (Å²) in [5.74, 6) is 0.452. The fourth-order valence-electron chi connectivity index (χ4n) is 4.34. The number of aliphatic hydroxyl groups is 1. The van der Waals surface area contributed by atoms with Gasteiger partial charge < -0.3 is 24.4 Å². The Balaban J connectivity index is 1.56. The van der Waals surface area contributed by atoms with Crippen molar-refractivity contribution < 1.29 is 37.4 Å². The predicted octanol–water partition coefficient (Wildman–Crippen LogP) is 3.69. The lowest BCUT2D eigenvalue weighted by Crippen LogP contribution is -2.41. The molecular weight excluding hydrogens is 558 g/mol. The molecule has 0 unspecified atom stereocenters. The number of esters is 1. The molecule has 1 aliphatic heterocycles. The lowest BCUT2D eigenvalue weighted by Gasteiger charge is -2.25. The van der Waals surface area contributed by atoms with Crippen LogP contribution in [0.2, 0.25) is 0 Å². The molecule has 13 nitrogen and oxygen atoms in total. The second kappa shape index (κ2) is 12.4. The molecule has 6 atom stereocenters. The first-order chi connectivity index (χ1) is 19.3. The molecular formula is C26H36FN6O7P. The van der Waals surface area contributed by atoms with Crippen molar-refractivity contribution in [1.82, 2.24) is 24.6 Å². The number of rotatable bonds is 12. The van der Waals surface area contributed by atoms with Gasteiger partial charge in [-0.3, -0.25) is 13.9 Å². The number of carbonyl (C=O) groups excluding carboxylic acids is 1. The number of aryl methyl sites for hydroxylation is 1. The van der Waals surface area contributed by atoms with Crippen LogP contribution in [0.3, 0.4) is 0 Å². The largest absolute Gasteiger partial charge is 0.462 e. The van der Waals surface area contributed by atoms with Crippen LogP contribution >= 0.6 is 7.75 Å². The Morgan fingerprint density at radius 1 is 1.27 bits per heavy atom. The number of aliphatic hydroxyl groups excluding tert-OH is 1. The van der Waals surface area contributed by atoms with E-state index >= 15 is 4.39 Å². The quantitative estimate of drug-likeness (QED) is 0.207. The fraction of sp³-hybridized carbons (Fsp3) is 0.538. The molecule has 0 amide bonds. The van der Waals surface area contributed by atoms with Gasteiger partial charge in [-0.25, -0.2) is 23.9 Å². The van der Waals surface area contributed by atoms with E-state index < -0.39 is 56.6 Å². The number of hydrogen-bond acceptors (Lipinski definition) is 11. The number of carbonyl (C=O) groups is 1. The Morgan fingerprint density at radius 3 is 2.63 bits per heavy atom. The van der Waals surface area contributed by atoms with Gasteiger partial charge in [-0.2, -0.15) is 5.09 Å². The number of benzene rings is 1. The molecule has 2 aromatic heterocycles. The van der Waals surface area contributed by atoms with Crippen molar-refractivity contribution in [2.45, 2.75) is 77.8 Å². The van der Waals surface area contributed by atoms with Gasteiger partial charge in [0, 0.05) is 6.54 Å². The third kappa shape index (κ3) is 6.84. The van der Waals surface area contributed by atoms with Gasteiger partial charge in [-0.15, -0.1) is 0 Å². The van der Waals surface area contributed by atoms with Gasteiger partial charge in [0.2, 0.25) is 0 Å². The minimum absolute atomic E-state index is 0.199. The third-order valence-electron chi connectivity index (χ3n) is 6.28. The van der Waals surface area contributed by atoms with E-state index in [-0.39, 0.29) is 5.75 Å². The normalized spacial score (nSPS) is 24.8. The second-order valence-electron chi connectivity index (χ2n) is 10.1. The van der Waals surface area contributed by atoms with Crippen molar-refractivity contribution in [3.8, 4) is 5.75 Å². The molecule has 0 spiro atoms. The van der Waals surface area contributed by atoms with Gasteiger partial charge in [0.05, 0.1) is 19.0 Å². The second-order valence-corrected chi connectivity index (χ2v) is 11.8. The molecule has 0 aliphatic carbocycles. The average molecular weight is 595 g/mol. The van der Waals surface area contributed by atoms with E-state index in [1.54, 1.807) is 51.1 Å². The van der Waals surface area contributed by atoms with Crippen molar-refractivity contribution in [2.75, 3.05) is 18.5 Å². The Morgan fingerprint density at radius 2 is 1.98 bits per heavy atom. The van der Waals surface area contributed by atoms with Gasteiger partial charge in [0.15, 0.2) is 28.9 Å². The smallest absolute Gasteiger partial charge is 0.459 e. The highest BCUT2D eigenvalue weighted by Crippen LogP contribution is 2.48. The number of fused-ring (bicyclic) bond motifs is 1. The first-order valence-electron chi connectivity index (χ1n) is 13.3. The van der Waals surface area contributed by atoms with Gasteiger partial charge in [-0.05, 0) is 53.7 Å². The molecule has 0 saturated carbocycles. The average Bonchev–Trinajstić information content (AvgIpc) is 3.41. The molecule has 4 rings (SSSR count). The zero-order chi connectivity index (χ0) is 29.9. The zero-order valence-electron chi connectivity index (χ0n) is 23.8. The minimum Gasteiger partial charge on any atom is -0.462 e. The SMILES string of the molecule is CCNc1nc(C)nc2c1ncn2[C@@H]1O[C@H](CO[P@@](=O)(N[C@@H](C)C(=O)OC(C)C)Oc2ccccc2)[C@@H](O)[C@@]1(C)F. The van der Waals surface area contributed by atoms with Crippen LogP contribution in [0.1, 0.15) is 46.7 Å². The number of halogens is 1. The Hall–Kier alpha value is -3.16. The Bertz CT molecular complexity index is 1410. The van der Waals surface area contributed by atoms with E-state index in [9.17, 15) is 14.5 Å². The molecule has 1 fully saturated rings. The Kier molecular flexibility index (Phi) is 9.29. The summed E-state index contributed by atoms with van der Waals surface area (Å²) < 4.78 is 53.6. The number of alkyl halides is 1. The number of imidazole rings is 1. The van der Waals surface area contributed by atoms with Crippen LogP contribution in [-0.2, 0) is 23.4 Å². The van der Waals surface area contributed by atoms with E-state index in [1.807, 2.05) is 6.92 Å². The molecule has 1 aromatic carbocycles. The lowest BCUT2D eigenvalue weighted by molar-refractivity contribution is -0.149. The molecule has 0 radical (unpaired) electrons. The first-order valence-corrected chi connectivity index (χ1v) is 14.8. The first kappa shape index (κ1) is 30.8. The number of anilines is 1. The van der Waals surface area contributed by atoms with E-state index in [0.717, 1.165) is 0 Å². The van der Waals surface area contributed by atoms with Gasteiger partial charge in [0.1, 0.15) is 29.8 Å². The number of para-hydroxylation sites is 1. The van der Waals surface area contributed by atoms with Crippen molar-refractivity contribution in [3.63, 3.8) is 0 Å². The van der Waals surface area contributed by atoms with Crippen LogP contribution in [0.4, 0.5) is 10.2 Å². The van der Waals surface area contributed by atoms with E-state index in [2.05, 4.69) is 25.4 Å². The molecule has 15 heteroatoms. The summed E-state index contributed by atoms with van der Waals surface area (Å²) in [6.45, 7) is 9.65. The highest BCUT2D eigenvalue weighted by molar-refractivity contribution is 7.52. The third-order valence-corrected chi connectivity index (χ3v) is 7.93. The lowest BCUT2D eigenvalue weighted by atomic mass is 9.98. The number of nitrogens with zero attached hydrogens (tertiary/aromatic N) is 4. The van der Waals surface area contributed by atoms with Gasteiger partial charge >= 0.3 is 13.7 Å². The summed E-state index contributed by atoms with van der Waals surface area (Å²) >= 11 is 0. The summed E-state index contributed by atoms with van der Waals surface area (Å²) in [5.41, 5.74) is -1.59. The molecule has 224 valence electrons. The van der Waals surface area contributed by atoms with Crippen LogP contribution in [0, 0.1) is 6.92 Å². The van der Waals surface area contributed by atoms with Crippen LogP contribution in [0.15, 0.2) is 36.7 Å². The van der Waals surface area contributed by atoms with Crippen LogP contribution in [-0.4, -0.2) is 73.8 Å². The highest BCUT2D eigenvalue weighted by Gasteiger charge is 2.56. The zero-order valence-corrected chi connectivity index (χ0v) is 24.7. The summed E-state index contributed by atoms with van der Waals surface area (Å²) in [4.78, 5) is 25.5. The fourth-order valence-corrected chi connectivity index (χ4v) is 5.85. The Labute approximate surface area is 237 Å². The monoisotopic (exact) mass is 594 g/mol. The predicted molar refractivity (Wildman–Crippen MR) is 148 cm³/mol. The molecule has 1 saturated heterocycles. The maximum absolute atomic E-state index is 16.0. The maximum Gasteiger partial charge on any atom is 0.459 e. The molecule has 1 aliphatic rings. The molecule has 0 bridgehead atoms. The summed E-state index contributed by atoms with van der Waals surface area (Å²) in [5, 5.41) is 16.6. The van der Waals surface area contributed by atoms with Crippen molar-refractivity contribution in [3.05, 3.63) is 42.5 Å². The van der Waals surface area contributed by atoms with Crippen LogP contribution < -0.4 is 14.9 Å². The summed E-state index contributed by atoms with van der Waals surface area (Å²) in [6.07, 6.45) is -3.33. The highest BCUT2D eigenvalue weighted by atomic mass is 31.2. The van der Waals surface area contributed by atoms with Crippen LogP contribution in [0.25, 0.3) is 11.2 Å². The molecule has 3 heterocycles. The van der Waals surface area contributed by atoms with Crippen molar-refractivity contribution >= 4 is 30.7 Å². The van der Waals surface area contributed by atoms with Gasteiger partial charge in [0.25, 0.3) is 0 Å². The van der Waals surface area contributed by atoms with E-state index in [4.69, 9.17) is 18.5 Å². The number of ether oxygens (including phenoxy) is 2. The molecule has 3 N–H and O–H groups in total. The van der Waals surface area contributed by atoms with E-state index in [1.165, 1.54) is 24.7 Å². The number of nitrogens with one attached hydrogen (secondary N) is 2. The van der Waals surface area contributed by atoms with Crippen molar-refractivity contribution in [1.29, 1.82) is 0 Å². The van der Waals surface area contributed by atoms with Crippen molar-refractivity contribution in [2.24, 2.45) is 0 Å². The number of hydrogen-bond donors (Lipinski definition) is 3. The van der Waals surface area contributed by atoms with Gasteiger partial charge in [-0.1, -0.05) is 18.2 Å².